The van der Waals surface area contributed by atoms with Crippen molar-refractivity contribution in [1.29, 1.82) is 0 Å². The van der Waals surface area contributed by atoms with Gasteiger partial charge >= 0.3 is 0 Å². The van der Waals surface area contributed by atoms with Gasteiger partial charge in [-0.05, 0) is 37.8 Å². The Labute approximate surface area is 128 Å². The van der Waals surface area contributed by atoms with E-state index < -0.39 is 0 Å². The Morgan fingerprint density at radius 2 is 2.24 bits per heavy atom. The fourth-order valence-electron chi connectivity index (χ4n) is 3.11. The molecule has 1 N–H and O–H groups in total. The summed E-state index contributed by atoms with van der Waals surface area (Å²) in [5.41, 5.74) is 2.76. The van der Waals surface area contributed by atoms with Crippen LogP contribution in [0.1, 0.15) is 44.7 Å². The van der Waals surface area contributed by atoms with Crippen LogP contribution in [0.4, 0.5) is 0 Å². The second kappa shape index (κ2) is 9.00. The number of aromatic nitrogens is 2. The Hall–Kier alpha value is -1.13. The van der Waals surface area contributed by atoms with E-state index in [0.29, 0.717) is 0 Å². The van der Waals surface area contributed by atoms with Crippen molar-refractivity contribution in [3.63, 3.8) is 0 Å². The Balaban J connectivity index is 2.06. The van der Waals surface area contributed by atoms with E-state index in [-0.39, 0.29) is 0 Å². The zero-order valence-electron chi connectivity index (χ0n) is 13.5. The van der Waals surface area contributed by atoms with E-state index in [4.69, 9.17) is 4.74 Å². The van der Waals surface area contributed by atoms with Crippen LogP contribution < -0.4 is 5.32 Å². The average Bonchev–Trinajstić information content (AvgIpc) is 2.98. The first kappa shape index (κ1) is 16.2. The molecule has 0 bridgehead atoms. The van der Waals surface area contributed by atoms with Crippen molar-refractivity contribution in [1.82, 2.24) is 15.1 Å². The van der Waals surface area contributed by atoms with Crippen molar-refractivity contribution in [2.75, 3.05) is 26.8 Å². The Morgan fingerprint density at radius 3 is 2.95 bits per heavy atom. The lowest BCUT2D eigenvalue weighted by Crippen LogP contribution is -2.25. The Bertz CT molecular complexity index is 433. The number of nitrogens with one attached hydrogen (secondary N) is 1. The van der Waals surface area contributed by atoms with E-state index in [1.54, 1.807) is 7.11 Å². The van der Waals surface area contributed by atoms with Gasteiger partial charge in [-0.2, -0.15) is 5.10 Å². The summed E-state index contributed by atoms with van der Waals surface area (Å²) < 4.78 is 7.18. The summed E-state index contributed by atoms with van der Waals surface area (Å²) in [5, 5.41) is 7.88. The van der Waals surface area contributed by atoms with Gasteiger partial charge in [0, 0.05) is 32.9 Å². The summed E-state index contributed by atoms with van der Waals surface area (Å²) in [6.45, 7) is 5.71. The van der Waals surface area contributed by atoms with E-state index in [1.165, 1.54) is 43.4 Å². The molecular formula is C17H29N3O. The molecule has 0 saturated heterocycles. The highest BCUT2D eigenvalue weighted by atomic mass is 16.5. The molecule has 1 heterocycles. The van der Waals surface area contributed by atoms with Crippen LogP contribution in [0.5, 0.6) is 0 Å². The number of rotatable bonds is 8. The highest BCUT2D eigenvalue weighted by Gasteiger charge is 2.18. The third-order valence-corrected chi connectivity index (χ3v) is 4.32. The van der Waals surface area contributed by atoms with E-state index in [9.17, 15) is 0 Å². The molecule has 1 saturated carbocycles. The second-order valence-corrected chi connectivity index (χ2v) is 5.80. The van der Waals surface area contributed by atoms with Gasteiger partial charge in [0.2, 0.25) is 0 Å². The zero-order chi connectivity index (χ0) is 14.9. The van der Waals surface area contributed by atoms with Crippen molar-refractivity contribution in [3.8, 4) is 0 Å². The fraction of sp³-hybridized carbons (Fsp3) is 0.706. The first-order valence-electron chi connectivity index (χ1n) is 8.27. The predicted molar refractivity (Wildman–Crippen MR) is 87.2 cm³/mol. The lowest BCUT2D eigenvalue weighted by Gasteiger charge is -2.25. The third kappa shape index (κ3) is 4.97. The van der Waals surface area contributed by atoms with Crippen molar-refractivity contribution < 1.29 is 4.74 Å². The van der Waals surface area contributed by atoms with Gasteiger partial charge in [-0.1, -0.05) is 24.8 Å². The second-order valence-electron chi connectivity index (χ2n) is 5.80. The molecule has 0 radical (unpaired) electrons. The lowest BCUT2D eigenvalue weighted by atomic mass is 9.83. The first-order chi connectivity index (χ1) is 10.3. The number of methoxy groups -OCH3 is 1. The minimum Gasteiger partial charge on any atom is -0.383 e. The summed E-state index contributed by atoms with van der Waals surface area (Å²) in [6, 6.07) is 2.11. The van der Waals surface area contributed by atoms with Gasteiger partial charge in [0.15, 0.2) is 0 Å². The fourth-order valence-corrected chi connectivity index (χ4v) is 3.11. The maximum Gasteiger partial charge on any atom is 0.0609 e. The summed E-state index contributed by atoms with van der Waals surface area (Å²) in [7, 11) is 1.75. The molecule has 0 amide bonds. The standard InChI is InChI=1S/C17H29N3O/c1-3-20-17(9-10-19-20)13-16(14-18-11-12-21-2)15-7-5-4-6-8-15/h9-10,13,15,18H,3-8,11-12,14H2,1-2H3/b16-13-. The molecule has 4 nitrogen and oxygen atoms in total. The molecule has 2 rings (SSSR count). The highest BCUT2D eigenvalue weighted by Crippen LogP contribution is 2.30. The molecule has 0 aromatic carbocycles. The van der Waals surface area contributed by atoms with Crippen LogP contribution in [0.25, 0.3) is 6.08 Å². The van der Waals surface area contributed by atoms with Crippen molar-refractivity contribution in [2.24, 2.45) is 5.92 Å². The zero-order valence-corrected chi connectivity index (χ0v) is 13.5. The normalized spacial score (nSPS) is 17.3. The van der Waals surface area contributed by atoms with Crippen LogP contribution in [0, 0.1) is 5.92 Å². The van der Waals surface area contributed by atoms with Crippen LogP contribution in [0.15, 0.2) is 17.8 Å². The summed E-state index contributed by atoms with van der Waals surface area (Å²) >= 11 is 0. The quantitative estimate of drug-likeness (QED) is 0.748. The van der Waals surface area contributed by atoms with Crippen molar-refractivity contribution in [2.45, 2.75) is 45.6 Å². The van der Waals surface area contributed by atoms with E-state index in [0.717, 1.165) is 32.2 Å². The predicted octanol–water partition coefficient (Wildman–Crippen LogP) is 3.10. The Morgan fingerprint density at radius 1 is 1.43 bits per heavy atom. The van der Waals surface area contributed by atoms with Crippen LogP contribution in [-0.2, 0) is 11.3 Å². The number of nitrogens with zero attached hydrogens (tertiary/aromatic N) is 2. The molecule has 1 aliphatic carbocycles. The largest absolute Gasteiger partial charge is 0.383 e. The average molecular weight is 291 g/mol. The monoisotopic (exact) mass is 291 g/mol. The van der Waals surface area contributed by atoms with Crippen molar-refractivity contribution >= 4 is 6.08 Å². The van der Waals surface area contributed by atoms with Gasteiger partial charge in [-0.3, -0.25) is 4.68 Å². The Kier molecular flexibility index (Phi) is 6.96. The molecule has 4 heteroatoms. The SMILES string of the molecule is CCn1nccc1/C=C(/CNCCOC)C1CCCCC1. The maximum atomic E-state index is 5.12. The smallest absolute Gasteiger partial charge is 0.0609 e. The molecule has 118 valence electrons. The van der Waals surface area contributed by atoms with Gasteiger partial charge < -0.3 is 10.1 Å². The molecule has 0 atom stereocenters. The van der Waals surface area contributed by atoms with E-state index in [2.05, 4.69) is 34.2 Å². The highest BCUT2D eigenvalue weighted by molar-refractivity contribution is 5.50. The first-order valence-corrected chi connectivity index (χ1v) is 8.27. The molecule has 1 aliphatic rings. The number of ether oxygens (including phenoxy) is 1. The molecule has 0 aliphatic heterocycles. The third-order valence-electron chi connectivity index (χ3n) is 4.32. The number of hydrogen-bond donors (Lipinski definition) is 1. The van der Waals surface area contributed by atoms with E-state index in [1.807, 2.05) is 6.20 Å². The van der Waals surface area contributed by atoms with Crippen molar-refractivity contribution in [3.05, 3.63) is 23.5 Å². The molecule has 0 spiro atoms. The van der Waals surface area contributed by atoms with Crippen LogP contribution in [0.2, 0.25) is 0 Å². The molecule has 1 fully saturated rings. The van der Waals surface area contributed by atoms with E-state index >= 15 is 0 Å². The topological polar surface area (TPSA) is 39.1 Å². The van der Waals surface area contributed by atoms with Gasteiger partial charge in [0.05, 0.1) is 12.3 Å². The molecule has 1 aromatic heterocycles. The minimum atomic E-state index is 0.731. The summed E-state index contributed by atoms with van der Waals surface area (Å²) in [5.74, 6) is 0.731. The molecular weight excluding hydrogens is 262 g/mol. The van der Waals surface area contributed by atoms with Crippen LogP contribution in [0.3, 0.4) is 0 Å². The number of hydrogen-bond acceptors (Lipinski definition) is 3. The van der Waals surface area contributed by atoms with Gasteiger partial charge in [-0.25, -0.2) is 0 Å². The minimum absolute atomic E-state index is 0.731. The van der Waals surface area contributed by atoms with Gasteiger partial charge in [0.1, 0.15) is 0 Å². The lowest BCUT2D eigenvalue weighted by molar-refractivity contribution is 0.200. The number of aryl methyl sites for hydroxylation is 1. The molecule has 21 heavy (non-hydrogen) atoms. The van der Waals surface area contributed by atoms with Gasteiger partial charge in [-0.15, -0.1) is 0 Å². The summed E-state index contributed by atoms with van der Waals surface area (Å²) in [4.78, 5) is 0. The van der Waals surface area contributed by atoms with Crippen LogP contribution in [-0.4, -0.2) is 36.6 Å². The molecule has 0 unspecified atom stereocenters. The van der Waals surface area contributed by atoms with Gasteiger partial charge in [0.25, 0.3) is 0 Å². The summed E-state index contributed by atoms with van der Waals surface area (Å²) in [6.07, 6.45) is 11.0. The van der Waals surface area contributed by atoms with Crippen LogP contribution >= 0.6 is 0 Å². The maximum absolute atomic E-state index is 5.12. The molecule has 1 aromatic rings.